The Labute approximate surface area is 93.0 Å². The highest BCUT2D eigenvalue weighted by Gasteiger charge is 2.27. The molecule has 0 spiro atoms. The number of ketones is 1. The molecule has 5 nitrogen and oxygen atoms in total. The Hall–Kier alpha value is -1.40. The van der Waals surface area contributed by atoms with Crippen LogP contribution in [0.4, 0.5) is 0 Å². The molecular formula is C9H10B2O5. The first-order valence-corrected chi connectivity index (χ1v) is 4.51. The summed E-state index contributed by atoms with van der Waals surface area (Å²) in [4.78, 5) is 11.4. The number of rotatable bonds is 4. The molecule has 1 aromatic rings. The van der Waals surface area contributed by atoms with Crippen molar-refractivity contribution in [3.05, 3.63) is 36.4 Å². The van der Waals surface area contributed by atoms with Gasteiger partial charge in [0.2, 0.25) is 0 Å². The summed E-state index contributed by atoms with van der Waals surface area (Å²) in [6, 6.07) is 4.06. The summed E-state index contributed by atoms with van der Waals surface area (Å²) in [5.74, 6) is -0.523. The predicted octanol–water partition coefficient (Wildman–Crippen LogP) is -2.59. The molecule has 7 heteroatoms. The summed E-state index contributed by atoms with van der Waals surface area (Å²) in [7, 11) is -3.84. The Morgan fingerprint density at radius 2 is 1.81 bits per heavy atom. The highest BCUT2D eigenvalue weighted by atomic mass is 16.4. The summed E-state index contributed by atoms with van der Waals surface area (Å²) < 4.78 is 0. The Balaban J connectivity index is 3.44. The number of hydrogen-bond donors (Lipinski definition) is 4. The van der Waals surface area contributed by atoms with Gasteiger partial charge in [-0.15, -0.1) is 0 Å². The summed E-state index contributed by atoms with van der Waals surface area (Å²) in [5.41, 5.74) is -0.360. The third-order valence-electron chi connectivity index (χ3n) is 2.13. The molecule has 0 saturated carbocycles. The van der Waals surface area contributed by atoms with Crippen LogP contribution in [0.15, 0.2) is 30.9 Å². The largest absolute Gasteiger partial charge is 0.488 e. The molecule has 0 heterocycles. The number of hydrogen-bond acceptors (Lipinski definition) is 5. The minimum Gasteiger partial charge on any atom is -0.423 e. The minimum absolute atomic E-state index is 0.0180. The molecule has 0 aliphatic rings. The van der Waals surface area contributed by atoms with E-state index in [0.717, 1.165) is 6.08 Å². The molecule has 0 bridgehead atoms. The van der Waals surface area contributed by atoms with Gasteiger partial charge in [0.05, 0.1) is 0 Å². The lowest BCUT2D eigenvalue weighted by Gasteiger charge is -2.11. The van der Waals surface area contributed by atoms with Crippen molar-refractivity contribution in [3.8, 4) is 0 Å². The lowest BCUT2D eigenvalue weighted by molar-refractivity contribution is 0.104. The van der Waals surface area contributed by atoms with Crippen molar-refractivity contribution in [1.82, 2.24) is 0 Å². The molecule has 0 saturated heterocycles. The standard InChI is InChI=1S/C9H10B2O5/c1-2-8(12)6-4-3-5-7(10(13)14)9(6)11(15)16/h2-5,13-16H,1H2. The fourth-order valence-electron chi connectivity index (χ4n) is 1.42. The third-order valence-corrected chi connectivity index (χ3v) is 2.13. The normalized spacial score (nSPS) is 9.75. The smallest absolute Gasteiger partial charge is 0.423 e. The van der Waals surface area contributed by atoms with Crippen LogP contribution in [-0.4, -0.2) is 40.1 Å². The SMILES string of the molecule is C=CC(=O)c1cccc(B(O)O)c1B(O)O. The maximum atomic E-state index is 11.4. The molecule has 0 radical (unpaired) electrons. The molecule has 1 aromatic carbocycles. The van der Waals surface area contributed by atoms with E-state index in [0.29, 0.717) is 0 Å². The molecule has 4 N–H and O–H groups in total. The Kier molecular flexibility index (Phi) is 4.03. The van der Waals surface area contributed by atoms with E-state index in [1.165, 1.54) is 18.2 Å². The molecule has 82 valence electrons. The minimum atomic E-state index is -1.96. The van der Waals surface area contributed by atoms with Crippen molar-refractivity contribution >= 4 is 30.9 Å². The summed E-state index contributed by atoms with van der Waals surface area (Å²) in [5, 5.41) is 36.3. The highest BCUT2D eigenvalue weighted by molar-refractivity contribution is 6.72. The van der Waals surface area contributed by atoms with Crippen molar-refractivity contribution in [2.24, 2.45) is 0 Å². The van der Waals surface area contributed by atoms with Crippen molar-refractivity contribution in [2.75, 3.05) is 0 Å². The zero-order chi connectivity index (χ0) is 12.3. The third kappa shape index (κ3) is 2.40. The maximum absolute atomic E-state index is 11.4. The van der Waals surface area contributed by atoms with Gasteiger partial charge in [0, 0.05) is 5.56 Å². The molecule has 0 unspecified atom stereocenters. The molecule has 0 amide bonds. The van der Waals surface area contributed by atoms with Crippen LogP contribution in [0.1, 0.15) is 10.4 Å². The van der Waals surface area contributed by atoms with Gasteiger partial charge < -0.3 is 20.1 Å². The zero-order valence-corrected chi connectivity index (χ0v) is 8.37. The van der Waals surface area contributed by atoms with E-state index in [-0.39, 0.29) is 16.5 Å². The summed E-state index contributed by atoms with van der Waals surface area (Å²) >= 11 is 0. The van der Waals surface area contributed by atoms with E-state index in [9.17, 15) is 4.79 Å². The average Bonchev–Trinajstić information content (AvgIpc) is 2.26. The quantitative estimate of drug-likeness (QED) is 0.253. The maximum Gasteiger partial charge on any atom is 0.488 e. The van der Waals surface area contributed by atoms with Crippen LogP contribution in [0.25, 0.3) is 0 Å². The summed E-state index contributed by atoms with van der Waals surface area (Å²) in [6.45, 7) is 3.27. The second-order valence-corrected chi connectivity index (χ2v) is 3.12. The van der Waals surface area contributed by atoms with Crippen LogP contribution in [0.3, 0.4) is 0 Å². The van der Waals surface area contributed by atoms with Crippen LogP contribution in [0.2, 0.25) is 0 Å². The second-order valence-electron chi connectivity index (χ2n) is 3.12. The molecule has 0 fully saturated rings. The first-order chi connectivity index (χ1) is 7.49. The monoisotopic (exact) mass is 220 g/mol. The van der Waals surface area contributed by atoms with Gasteiger partial charge in [0.25, 0.3) is 0 Å². The lowest BCUT2D eigenvalue weighted by atomic mass is 9.63. The van der Waals surface area contributed by atoms with Gasteiger partial charge in [-0.1, -0.05) is 24.8 Å². The van der Waals surface area contributed by atoms with Gasteiger partial charge in [-0.05, 0) is 17.0 Å². The summed E-state index contributed by atoms with van der Waals surface area (Å²) in [6.07, 6.45) is 1.01. The predicted molar refractivity (Wildman–Crippen MR) is 60.6 cm³/mol. The molecule has 0 aromatic heterocycles. The van der Waals surface area contributed by atoms with Crippen molar-refractivity contribution in [1.29, 1.82) is 0 Å². The number of benzene rings is 1. The van der Waals surface area contributed by atoms with Gasteiger partial charge in [-0.2, -0.15) is 0 Å². The van der Waals surface area contributed by atoms with Gasteiger partial charge in [-0.25, -0.2) is 0 Å². The zero-order valence-electron chi connectivity index (χ0n) is 8.37. The molecule has 0 aliphatic heterocycles. The van der Waals surface area contributed by atoms with E-state index in [1.54, 1.807) is 0 Å². The topological polar surface area (TPSA) is 98.0 Å². The fourth-order valence-corrected chi connectivity index (χ4v) is 1.42. The fraction of sp³-hybridized carbons (Fsp3) is 0. The van der Waals surface area contributed by atoms with E-state index in [4.69, 9.17) is 20.1 Å². The van der Waals surface area contributed by atoms with E-state index < -0.39 is 20.0 Å². The molecule has 16 heavy (non-hydrogen) atoms. The highest BCUT2D eigenvalue weighted by Crippen LogP contribution is 1.98. The van der Waals surface area contributed by atoms with E-state index in [2.05, 4.69) is 6.58 Å². The Morgan fingerprint density at radius 3 is 2.25 bits per heavy atom. The van der Waals surface area contributed by atoms with Crippen molar-refractivity contribution < 1.29 is 24.9 Å². The van der Waals surface area contributed by atoms with Crippen LogP contribution in [0, 0.1) is 0 Å². The second kappa shape index (κ2) is 5.09. The lowest BCUT2D eigenvalue weighted by Crippen LogP contribution is -2.51. The van der Waals surface area contributed by atoms with Gasteiger partial charge >= 0.3 is 14.2 Å². The number of carbonyl (C=O) groups excluding carboxylic acids is 1. The molecule has 0 atom stereocenters. The van der Waals surface area contributed by atoms with Crippen LogP contribution in [-0.2, 0) is 0 Å². The molecule has 1 rings (SSSR count). The molecule has 0 aliphatic carbocycles. The van der Waals surface area contributed by atoms with Gasteiger partial charge in [-0.3, -0.25) is 4.79 Å². The molecular weight excluding hydrogens is 210 g/mol. The Morgan fingerprint density at radius 1 is 1.19 bits per heavy atom. The van der Waals surface area contributed by atoms with Crippen LogP contribution >= 0.6 is 0 Å². The van der Waals surface area contributed by atoms with E-state index in [1.807, 2.05) is 0 Å². The number of carbonyl (C=O) groups is 1. The van der Waals surface area contributed by atoms with Gasteiger partial charge in [0.15, 0.2) is 5.78 Å². The van der Waals surface area contributed by atoms with E-state index >= 15 is 0 Å². The van der Waals surface area contributed by atoms with Crippen molar-refractivity contribution in [2.45, 2.75) is 0 Å². The van der Waals surface area contributed by atoms with Crippen molar-refractivity contribution in [3.63, 3.8) is 0 Å². The van der Waals surface area contributed by atoms with Crippen LogP contribution in [0.5, 0.6) is 0 Å². The van der Waals surface area contributed by atoms with Gasteiger partial charge in [0.1, 0.15) is 0 Å². The van der Waals surface area contributed by atoms with Crippen LogP contribution < -0.4 is 10.9 Å². The number of allylic oxidation sites excluding steroid dienone is 1. The average molecular weight is 220 g/mol. The Bertz CT molecular complexity index is 416. The first kappa shape index (κ1) is 12.7. The first-order valence-electron chi connectivity index (χ1n) is 4.51.